The van der Waals surface area contributed by atoms with Crippen LogP contribution in [-0.2, 0) is 4.79 Å². The highest BCUT2D eigenvalue weighted by atomic mass is 16.5. The van der Waals surface area contributed by atoms with Gasteiger partial charge < -0.3 is 20.4 Å². The lowest BCUT2D eigenvalue weighted by atomic mass is 10.3. The maximum absolute atomic E-state index is 9.98. The molecule has 7 heteroatoms. The average molecular weight is 146 g/mol. The molecule has 0 saturated heterocycles. The standard InChI is InChI=1S/C3H4N2O.BH3O3/c6-3-1-4-2-5-3;2-1(3)4/h2H,1H2,(H,4,5,6);2-4H. The van der Waals surface area contributed by atoms with Gasteiger partial charge in [-0.1, -0.05) is 0 Å². The molecule has 0 aromatic heterocycles. The van der Waals surface area contributed by atoms with E-state index in [2.05, 4.69) is 10.3 Å². The molecule has 1 rings (SSSR count). The van der Waals surface area contributed by atoms with Crippen molar-refractivity contribution in [2.45, 2.75) is 0 Å². The van der Waals surface area contributed by atoms with Crippen molar-refractivity contribution in [3.05, 3.63) is 0 Å². The fraction of sp³-hybridized carbons (Fsp3) is 0.333. The largest absolute Gasteiger partial charge is 0.631 e. The molecule has 0 aromatic rings. The van der Waals surface area contributed by atoms with Crippen LogP contribution in [0.25, 0.3) is 0 Å². The van der Waals surface area contributed by atoms with Gasteiger partial charge in [0.25, 0.3) is 5.91 Å². The topological polar surface area (TPSA) is 102 Å². The summed E-state index contributed by atoms with van der Waals surface area (Å²) in [7, 11) is -2.17. The summed E-state index contributed by atoms with van der Waals surface area (Å²) in [4.78, 5) is 13.3. The Hall–Kier alpha value is -0.915. The SMILES string of the molecule is O=C1CNC=N1.OB(O)O. The first-order chi connectivity index (χ1) is 4.63. The first kappa shape index (κ1) is 9.08. The minimum atomic E-state index is -2.17. The molecule has 0 radical (unpaired) electrons. The Labute approximate surface area is 57.4 Å². The smallest absolute Gasteiger partial charge is 0.402 e. The summed E-state index contributed by atoms with van der Waals surface area (Å²) < 4.78 is 0. The van der Waals surface area contributed by atoms with Gasteiger partial charge in [-0.3, -0.25) is 4.79 Å². The van der Waals surface area contributed by atoms with Gasteiger partial charge in [0.05, 0.1) is 12.9 Å². The molecule has 6 nitrogen and oxygen atoms in total. The zero-order chi connectivity index (χ0) is 7.98. The molecule has 4 N–H and O–H groups in total. The van der Waals surface area contributed by atoms with Crippen LogP contribution in [0.2, 0.25) is 0 Å². The Morgan fingerprint density at radius 2 is 2.10 bits per heavy atom. The van der Waals surface area contributed by atoms with Crippen molar-refractivity contribution in [1.82, 2.24) is 5.32 Å². The Morgan fingerprint density at radius 1 is 1.60 bits per heavy atom. The third kappa shape index (κ3) is 7.08. The van der Waals surface area contributed by atoms with Gasteiger partial charge in [-0.25, -0.2) is 4.99 Å². The quantitative estimate of drug-likeness (QED) is 0.274. The van der Waals surface area contributed by atoms with E-state index in [1.165, 1.54) is 6.34 Å². The van der Waals surface area contributed by atoms with Gasteiger partial charge in [-0.2, -0.15) is 0 Å². The van der Waals surface area contributed by atoms with Gasteiger partial charge in [0.1, 0.15) is 0 Å². The van der Waals surface area contributed by atoms with E-state index >= 15 is 0 Å². The fourth-order valence-electron chi connectivity index (χ4n) is 0.296. The zero-order valence-electron chi connectivity index (χ0n) is 5.06. The lowest BCUT2D eigenvalue weighted by molar-refractivity contribution is -0.116. The monoisotopic (exact) mass is 146 g/mol. The molecule has 0 aromatic carbocycles. The van der Waals surface area contributed by atoms with Crippen molar-refractivity contribution in [3.8, 4) is 0 Å². The van der Waals surface area contributed by atoms with Crippen molar-refractivity contribution in [2.24, 2.45) is 4.99 Å². The third-order valence-corrected chi connectivity index (χ3v) is 0.553. The van der Waals surface area contributed by atoms with E-state index in [-0.39, 0.29) is 5.91 Å². The highest BCUT2D eigenvalue weighted by molar-refractivity contribution is 6.30. The van der Waals surface area contributed by atoms with Crippen LogP contribution >= 0.6 is 0 Å². The highest BCUT2D eigenvalue weighted by Gasteiger charge is 1.98. The van der Waals surface area contributed by atoms with Crippen molar-refractivity contribution >= 4 is 19.6 Å². The van der Waals surface area contributed by atoms with Crippen LogP contribution in [0.5, 0.6) is 0 Å². The van der Waals surface area contributed by atoms with E-state index in [0.29, 0.717) is 6.54 Å². The number of carbonyl (C=O) groups is 1. The second-order valence-corrected chi connectivity index (χ2v) is 1.38. The van der Waals surface area contributed by atoms with Crippen LogP contribution in [0.1, 0.15) is 0 Å². The first-order valence-electron chi connectivity index (χ1n) is 2.46. The molecule has 56 valence electrons. The van der Waals surface area contributed by atoms with Crippen LogP contribution in [0, 0.1) is 0 Å². The number of rotatable bonds is 0. The lowest BCUT2D eigenvalue weighted by Gasteiger charge is -1.74. The van der Waals surface area contributed by atoms with Crippen LogP contribution in [0.3, 0.4) is 0 Å². The van der Waals surface area contributed by atoms with E-state index in [0.717, 1.165) is 0 Å². The summed E-state index contributed by atoms with van der Waals surface area (Å²) in [6, 6.07) is 0. The maximum Gasteiger partial charge on any atom is 0.631 e. The van der Waals surface area contributed by atoms with Gasteiger partial charge in [-0.05, 0) is 0 Å². The Kier molecular flexibility index (Phi) is 4.47. The van der Waals surface area contributed by atoms with E-state index in [4.69, 9.17) is 15.1 Å². The second-order valence-electron chi connectivity index (χ2n) is 1.38. The number of nitrogens with one attached hydrogen (secondary N) is 1. The van der Waals surface area contributed by atoms with Crippen LogP contribution in [0.4, 0.5) is 0 Å². The molecule has 10 heavy (non-hydrogen) atoms. The Bertz CT molecular complexity index is 134. The summed E-state index contributed by atoms with van der Waals surface area (Å²) in [5, 5.41) is 24.1. The predicted octanol–water partition coefficient (Wildman–Crippen LogP) is -2.91. The maximum atomic E-state index is 9.98. The zero-order valence-corrected chi connectivity index (χ0v) is 5.06. The molecule has 1 aliphatic heterocycles. The van der Waals surface area contributed by atoms with Gasteiger partial charge in [0.2, 0.25) is 0 Å². The highest BCUT2D eigenvalue weighted by Crippen LogP contribution is 1.74. The lowest BCUT2D eigenvalue weighted by Crippen LogP contribution is -2.09. The molecule has 1 amide bonds. The number of carbonyl (C=O) groups excluding carboxylic acids is 1. The fourth-order valence-corrected chi connectivity index (χ4v) is 0.296. The van der Waals surface area contributed by atoms with E-state index < -0.39 is 7.32 Å². The first-order valence-corrected chi connectivity index (χ1v) is 2.46. The summed E-state index contributed by atoms with van der Waals surface area (Å²) in [5.74, 6) is -0.0880. The van der Waals surface area contributed by atoms with Gasteiger partial charge in [0, 0.05) is 0 Å². The van der Waals surface area contributed by atoms with E-state index in [1.54, 1.807) is 0 Å². The number of hydrogen-bond donors (Lipinski definition) is 4. The molecule has 0 bridgehead atoms. The predicted molar refractivity (Wildman–Crippen MR) is 33.9 cm³/mol. The van der Waals surface area contributed by atoms with Crippen molar-refractivity contribution in [1.29, 1.82) is 0 Å². The molecule has 0 fully saturated rings. The molecular weight excluding hydrogens is 139 g/mol. The molecule has 1 heterocycles. The minimum Gasteiger partial charge on any atom is -0.402 e. The molecule has 0 atom stereocenters. The molecule has 0 spiro atoms. The number of aliphatic imine (C=N–C) groups is 1. The summed E-state index contributed by atoms with van der Waals surface area (Å²) in [5.41, 5.74) is 0. The summed E-state index contributed by atoms with van der Waals surface area (Å²) in [6.07, 6.45) is 1.41. The second kappa shape index (κ2) is 4.92. The van der Waals surface area contributed by atoms with E-state index in [9.17, 15) is 4.79 Å². The number of hydrogen-bond acceptors (Lipinski definition) is 5. The number of amides is 1. The van der Waals surface area contributed by atoms with E-state index in [1.807, 2.05) is 0 Å². The Balaban J connectivity index is 0.000000180. The van der Waals surface area contributed by atoms with Crippen LogP contribution in [-0.4, -0.2) is 41.2 Å². The third-order valence-electron chi connectivity index (χ3n) is 0.553. The molecular formula is C3H7BN2O4. The average Bonchev–Trinajstić information content (AvgIpc) is 2.15. The van der Waals surface area contributed by atoms with Crippen LogP contribution in [0.15, 0.2) is 4.99 Å². The molecule has 1 aliphatic rings. The van der Waals surface area contributed by atoms with Crippen LogP contribution < -0.4 is 5.32 Å². The number of nitrogens with zero attached hydrogens (tertiary/aromatic N) is 1. The summed E-state index contributed by atoms with van der Waals surface area (Å²) >= 11 is 0. The van der Waals surface area contributed by atoms with Gasteiger partial charge in [0.15, 0.2) is 0 Å². The van der Waals surface area contributed by atoms with Gasteiger partial charge >= 0.3 is 7.32 Å². The Morgan fingerprint density at radius 3 is 2.20 bits per heavy atom. The summed E-state index contributed by atoms with van der Waals surface area (Å²) in [6.45, 7) is 0.375. The van der Waals surface area contributed by atoms with Crippen molar-refractivity contribution < 1.29 is 19.9 Å². The van der Waals surface area contributed by atoms with Gasteiger partial charge in [-0.15, -0.1) is 0 Å². The molecule has 0 unspecified atom stereocenters. The van der Waals surface area contributed by atoms with Crippen molar-refractivity contribution in [3.63, 3.8) is 0 Å². The molecule has 0 saturated carbocycles. The minimum absolute atomic E-state index is 0.0880. The molecule has 0 aliphatic carbocycles. The van der Waals surface area contributed by atoms with Crippen molar-refractivity contribution in [2.75, 3.05) is 6.54 Å². The normalized spacial score (nSPS) is 13.7.